The molecule has 1 saturated carbocycles. The summed E-state index contributed by atoms with van der Waals surface area (Å²) in [6, 6.07) is 0.689. The number of alkyl halides is 1. The highest BCUT2D eigenvalue weighted by atomic mass is 127. The van der Waals surface area contributed by atoms with Crippen LogP contribution in [-0.4, -0.2) is 22.6 Å². The minimum absolute atomic E-state index is 0.437. The van der Waals surface area contributed by atoms with E-state index in [4.69, 9.17) is 11.6 Å². The van der Waals surface area contributed by atoms with Gasteiger partial charge in [0.1, 0.15) is 17.3 Å². The molecule has 1 aromatic rings. The van der Waals surface area contributed by atoms with Crippen molar-refractivity contribution in [3.63, 3.8) is 0 Å². The van der Waals surface area contributed by atoms with E-state index in [1.807, 2.05) is 0 Å². The molecule has 1 aromatic heterocycles. The molecule has 0 amide bonds. The van der Waals surface area contributed by atoms with Crippen molar-refractivity contribution in [3.8, 4) is 0 Å². The van der Waals surface area contributed by atoms with Crippen LogP contribution in [0.15, 0.2) is 6.33 Å². The molecular weight excluding hydrogens is 324 g/mol. The van der Waals surface area contributed by atoms with Crippen LogP contribution in [0.1, 0.15) is 28.8 Å². The highest BCUT2D eigenvalue weighted by Gasteiger charge is 2.36. The predicted octanol–water partition coefficient (Wildman–Crippen LogP) is 2.98. The van der Waals surface area contributed by atoms with E-state index >= 15 is 0 Å². The van der Waals surface area contributed by atoms with Crippen molar-refractivity contribution >= 4 is 40.0 Å². The summed E-state index contributed by atoms with van der Waals surface area (Å²) in [5.74, 6) is 1.07. The molecule has 80 valence electrons. The lowest BCUT2D eigenvalue weighted by Gasteiger charge is -2.35. The number of nitrogens with zero attached hydrogens (tertiary/aromatic N) is 3. The average Bonchev–Trinajstić information content (AvgIpc) is 2.43. The van der Waals surface area contributed by atoms with E-state index < -0.39 is 0 Å². The van der Waals surface area contributed by atoms with E-state index in [0.29, 0.717) is 15.1 Å². The fraction of sp³-hybridized carbons (Fsp3) is 0.600. The smallest absolute Gasteiger partial charge is 0.138 e. The van der Waals surface area contributed by atoms with E-state index in [9.17, 15) is 0 Å². The monoisotopic (exact) mass is 335 g/mol. The summed E-state index contributed by atoms with van der Waals surface area (Å²) < 4.78 is 0.437. The average molecular weight is 336 g/mol. The summed E-state index contributed by atoms with van der Waals surface area (Å²) in [6.07, 6.45) is 5.51. The lowest BCUT2D eigenvalue weighted by atomic mass is 9.92. The highest BCUT2D eigenvalue weighted by molar-refractivity contribution is 14.1. The van der Waals surface area contributed by atoms with Crippen LogP contribution < -0.4 is 4.90 Å². The van der Waals surface area contributed by atoms with Crippen LogP contribution in [0.3, 0.4) is 0 Å². The van der Waals surface area contributed by atoms with Crippen LogP contribution in [0.5, 0.6) is 0 Å². The van der Waals surface area contributed by atoms with Crippen LogP contribution in [0.4, 0.5) is 5.82 Å². The van der Waals surface area contributed by atoms with Gasteiger partial charge in [0.05, 0.1) is 3.92 Å². The molecule has 15 heavy (non-hydrogen) atoms. The van der Waals surface area contributed by atoms with Gasteiger partial charge < -0.3 is 4.90 Å². The van der Waals surface area contributed by atoms with Gasteiger partial charge in [-0.3, -0.25) is 0 Å². The number of halogens is 2. The Bertz CT molecular complexity index is 394. The van der Waals surface area contributed by atoms with Crippen molar-refractivity contribution in [2.45, 2.75) is 29.2 Å². The summed E-state index contributed by atoms with van der Waals surface area (Å²) in [5, 5.41) is 0.626. The fourth-order valence-electron chi connectivity index (χ4n) is 2.23. The minimum atomic E-state index is 0.437. The molecule has 0 radical (unpaired) electrons. The normalized spacial score (nSPS) is 25.2. The topological polar surface area (TPSA) is 29.0 Å². The maximum absolute atomic E-state index is 6.11. The molecule has 1 aliphatic heterocycles. The van der Waals surface area contributed by atoms with Gasteiger partial charge in [-0.05, 0) is 19.3 Å². The minimum Gasteiger partial charge on any atom is -0.352 e. The summed E-state index contributed by atoms with van der Waals surface area (Å²) >= 11 is 8.55. The standard InChI is InChI=1S/C10H11ClIN3/c11-9-8-7(12)4-15(6-2-1-3-6)10(8)14-5-13-9/h5-7H,1-4H2. The second-order valence-electron chi connectivity index (χ2n) is 4.11. The van der Waals surface area contributed by atoms with Crippen LogP contribution in [0, 0.1) is 0 Å². The van der Waals surface area contributed by atoms with Crippen LogP contribution in [-0.2, 0) is 0 Å². The summed E-state index contributed by atoms with van der Waals surface area (Å²) in [6.45, 7) is 1.04. The maximum atomic E-state index is 6.11. The van der Waals surface area contributed by atoms with Crippen molar-refractivity contribution in [2.75, 3.05) is 11.4 Å². The first-order valence-corrected chi connectivity index (χ1v) is 6.81. The van der Waals surface area contributed by atoms with Crippen molar-refractivity contribution < 1.29 is 0 Å². The number of anilines is 1. The van der Waals surface area contributed by atoms with Crippen LogP contribution in [0.25, 0.3) is 0 Å². The third-order valence-corrected chi connectivity index (χ3v) is 4.59. The Labute approximate surface area is 107 Å². The zero-order valence-corrected chi connectivity index (χ0v) is 11.1. The Morgan fingerprint density at radius 3 is 2.87 bits per heavy atom. The van der Waals surface area contributed by atoms with E-state index in [2.05, 4.69) is 37.5 Å². The second kappa shape index (κ2) is 3.73. The van der Waals surface area contributed by atoms with Gasteiger partial charge in [-0.25, -0.2) is 9.97 Å². The lowest BCUT2D eigenvalue weighted by Crippen LogP contribution is -2.39. The van der Waals surface area contributed by atoms with Crippen molar-refractivity contribution in [1.82, 2.24) is 9.97 Å². The number of hydrogen-bond donors (Lipinski definition) is 0. The summed E-state index contributed by atoms with van der Waals surface area (Å²) in [7, 11) is 0. The molecule has 2 heterocycles. The third kappa shape index (κ3) is 1.53. The number of hydrogen-bond acceptors (Lipinski definition) is 3. The van der Waals surface area contributed by atoms with Gasteiger partial charge in [0.2, 0.25) is 0 Å². The molecule has 2 aliphatic rings. The maximum Gasteiger partial charge on any atom is 0.138 e. The molecule has 0 N–H and O–H groups in total. The number of rotatable bonds is 1. The van der Waals surface area contributed by atoms with Gasteiger partial charge in [-0.1, -0.05) is 34.2 Å². The first-order valence-electron chi connectivity index (χ1n) is 5.18. The number of fused-ring (bicyclic) bond motifs is 1. The van der Waals surface area contributed by atoms with Gasteiger partial charge in [-0.15, -0.1) is 0 Å². The van der Waals surface area contributed by atoms with Gasteiger partial charge in [0, 0.05) is 18.2 Å². The molecule has 1 unspecified atom stereocenters. The quantitative estimate of drug-likeness (QED) is 0.449. The van der Waals surface area contributed by atoms with Gasteiger partial charge in [-0.2, -0.15) is 0 Å². The third-order valence-electron chi connectivity index (χ3n) is 3.27. The molecule has 1 aliphatic carbocycles. The van der Waals surface area contributed by atoms with E-state index in [0.717, 1.165) is 17.9 Å². The summed E-state index contributed by atoms with van der Waals surface area (Å²) in [5.41, 5.74) is 1.13. The van der Waals surface area contributed by atoms with E-state index in [1.165, 1.54) is 19.3 Å². The molecule has 0 spiro atoms. The first-order chi connectivity index (χ1) is 7.27. The molecule has 0 bridgehead atoms. The molecule has 3 rings (SSSR count). The second-order valence-corrected chi connectivity index (χ2v) is 5.97. The predicted molar refractivity (Wildman–Crippen MR) is 68.8 cm³/mol. The van der Waals surface area contributed by atoms with Crippen LogP contribution in [0.2, 0.25) is 5.15 Å². The molecule has 1 atom stereocenters. The zero-order valence-electron chi connectivity index (χ0n) is 8.16. The SMILES string of the molecule is Clc1ncnc2c1C(I)CN2C1CCC1. The largest absolute Gasteiger partial charge is 0.352 e. The van der Waals surface area contributed by atoms with Gasteiger partial charge >= 0.3 is 0 Å². The van der Waals surface area contributed by atoms with Crippen molar-refractivity contribution in [3.05, 3.63) is 17.0 Å². The lowest BCUT2D eigenvalue weighted by molar-refractivity contribution is 0.391. The first kappa shape index (κ1) is 10.1. The summed E-state index contributed by atoms with van der Waals surface area (Å²) in [4.78, 5) is 10.8. The fourth-order valence-corrected chi connectivity index (χ4v) is 3.68. The molecule has 0 aromatic carbocycles. The molecule has 3 nitrogen and oxygen atoms in total. The van der Waals surface area contributed by atoms with Gasteiger partial charge in [0.25, 0.3) is 0 Å². The Hall–Kier alpha value is -0.100. The Morgan fingerprint density at radius 2 is 2.20 bits per heavy atom. The number of aromatic nitrogens is 2. The van der Waals surface area contributed by atoms with Crippen molar-refractivity contribution in [2.24, 2.45) is 0 Å². The highest BCUT2D eigenvalue weighted by Crippen LogP contribution is 2.45. The Kier molecular flexibility index (Phi) is 2.51. The zero-order chi connectivity index (χ0) is 10.4. The van der Waals surface area contributed by atoms with E-state index in [1.54, 1.807) is 6.33 Å². The van der Waals surface area contributed by atoms with E-state index in [-0.39, 0.29) is 0 Å². The van der Waals surface area contributed by atoms with Crippen molar-refractivity contribution in [1.29, 1.82) is 0 Å². The molecule has 0 saturated heterocycles. The molecular formula is C10H11ClIN3. The molecule has 5 heteroatoms. The van der Waals surface area contributed by atoms with Gasteiger partial charge in [0.15, 0.2) is 0 Å². The Balaban J connectivity index is 2.01. The Morgan fingerprint density at radius 1 is 1.40 bits per heavy atom. The van der Waals surface area contributed by atoms with Crippen LogP contribution >= 0.6 is 34.2 Å². The molecule has 1 fully saturated rings.